The van der Waals surface area contributed by atoms with Gasteiger partial charge in [0.05, 0.1) is 12.1 Å². The number of carbonyl (C=O) groups is 1. The molecule has 0 radical (unpaired) electrons. The van der Waals surface area contributed by atoms with E-state index in [1.165, 1.54) is 11.3 Å². The maximum Gasteiger partial charge on any atom is 0.355 e. The van der Waals surface area contributed by atoms with Crippen LogP contribution in [0.3, 0.4) is 0 Å². The van der Waals surface area contributed by atoms with Crippen molar-refractivity contribution >= 4 is 39.0 Å². The van der Waals surface area contributed by atoms with Crippen LogP contribution in [0.15, 0.2) is 72.8 Å². The number of hydrogen-bond acceptors (Lipinski definition) is 4. The molecule has 0 aliphatic rings. The topological polar surface area (TPSA) is 35.5 Å². The van der Waals surface area contributed by atoms with Crippen LogP contribution in [-0.4, -0.2) is 13.1 Å². The highest BCUT2D eigenvalue weighted by Crippen LogP contribution is 2.37. The van der Waals surface area contributed by atoms with E-state index < -0.39 is 5.97 Å². The van der Waals surface area contributed by atoms with Crippen molar-refractivity contribution < 1.29 is 14.3 Å². The lowest BCUT2D eigenvalue weighted by molar-refractivity contribution is 0.0740. The van der Waals surface area contributed by atoms with Crippen LogP contribution in [0.4, 0.5) is 0 Å². The molecular formula is C22H15ClO3S. The van der Waals surface area contributed by atoms with Gasteiger partial charge in [-0.15, -0.1) is 11.3 Å². The molecule has 0 atom stereocenters. The van der Waals surface area contributed by atoms with Gasteiger partial charge in [0.25, 0.3) is 0 Å². The number of methoxy groups -OCH3 is 1. The molecule has 1 heterocycles. The molecule has 0 bridgehead atoms. The minimum absolute atomic E-state index is 0.382. The van der Waals surface area contributed by atoms with Gasteiger partial charge in [0.1, 0.15) is 16.4 Å². The Kier molecular flexibility index (Phi) is 4.84. The Hall–Kier alpha value is -2.82. The first-order valence-electron chi connectivity index (χ1n) is 8.29. The molecule has 0 aliphatic heterocycles. The number of benzene rings is 3. The summed E-state index contributed by atoms with van der Waals surface area (Å²) >= 11 is 7.68. The average Bonchev–Trinajstić information content (AvgIpc) is 3.05. The van der Waals surface area contributed by atoms with Crippen molar-refractivity contribution in [2.24, 2.45) is 0 Å². The highest BCUT2D eigenvalue weighted by atomic mass is 35.5. The fourth-order valence-electron chi connectivity index (χ4n) is 2.80. The van der Waals surface area contributed by atoms with E-state index in [1.807, 2.05) is 60.7 Å². The molecule has 4 rings (SSSR count). The highest BCUT2D eigenvalue weighted by Gasteiger charge is 2.19. The molecule has 1 aromatic heterocycles. The lowest BCUT2D eigenvalue weighted by Crippen LogP contribution is -2.06. The van der Waals surface area contributed by atoms with E-state index in [1.54, 1.807) is 19.2 Å². The first-order chi connectivity index (χ1) is 13.2. The molecule has 0 spiro atoms. The largest absolute Gasteiger partial charge is 0.497 e. The number of hydrogen-bond donors (Lipinski definition) is 0. The van der Waals surface area contributed by atoms with E-state index in [4.69, 9.17) is 21.1 Å². The van der Waals surface area contributed by atoms with Crippen molar-refractivity contribution in [3.63, 3.8) is 0 Å². The predicted molar refractivity (Wildman–Crippen MR) is 110 cm³/mol. The molecule has 0 unspecified atom stereocenters. The lowest BCUT2D eigenvalue weighted by Gasteiger charge is -2.05. The lowest BCUT2D eigenvalue weighted by atomic mass is 10.1. The molecule has 0 saturated heterocycles. The molecule has 0 aliphatic carbocycles. The fraction of sp³-hybridized carbons (Fsp3) is 0.0455. The van der Waals surface area contributed by atoms with Crippen LogP contribution >= 0.6 is 22.9 Å². The van der Waals surface area contributed by atoms with Crippen molar-refractivity contribution in [2.45, 2.75) is 0 Å². The second kappa shape index (κ2) is 7.43. The third kappa shape index (κ3) is 3.54. The molecule has 27 heavy (non-hydrogen) atoms. The van der Waals surface area contributed by atoms with E-state index in [9.17, 15) is 4.79 Å². The van der Waals surface area contributed by atoms with Crippen molar-refractivity contribution in [1.82, 2.24) is 0 Å². The maximum absolute atomic E-state index is 12.6. The third-order valence-electron chi connectivity index (χ3n) is 4.19. The van der Waals surface area contributed by atoms with Gasteiger partial charge in [-0.05, 0) is 41.5 Å². The van der Waals surface area contributed by atoms with Crippen molar-refractivity contribution in [3.8, 4) is 22.6 Å². The first-order valence-corrected chi connectivity index (χ1v) is 9.49. The molecule has 4 aromatic rings. The molecule has 0 fully saturated rings. The molecular weight excluding hydrogens is 380 g/mol. The van der Waals surface area contributed by atoms with Crippen LogP contribution in [-0.2, 0) is 0 Å². The van der Waals surface area contributed by atoms with Gasteiger partial charge in [0.2, 0.25) is 0 Å². The summed E-state index contributed by atoms with van der Waals surface area (Å²) in [4.78, 5) is 13.0. The normalized spacial score (nSPS) is 10.7. The molecule has 0 N–H and O–H groups in total. The zero-order chi connectivity index (χ0) is 18.8. The zero-order valence-corrected chi connectivity index (χ0v) is 16.0. The van der Waals surface area contributed by atoms with Gasteiger partial charge in [0.15, 0.2) is 0 Å². The SMILES string of the molecule is COc1ccc2c(Cl)c(C(=O)Oc3ccc(-c4ccccc4)cc3)sc2c1. The van der Waals surface area contributed by atoms with Gasteiger partial charge in [0, 0.05) is 10.1 Å². The number of ether oxygens (including phenoxy) is 2. The van der Waals surface area contributed by atoms with E-state index in [-0.39, 0.29) is 0 Å². The Morgan fingerprint density at radius 1 is 0.889 bits per heavy atom. The van der Waals surface area contributed by atoms with Crippen molar-refractivity contribution in [1.29, 1.82) is 0 Å². The van der Waals surface area contributed by atoms with Crippen LogP contribution < -0.4 is 9.47 Å². The fourth-order valence-corrected chi connectivity index (χ4v) is 4.22. The molecule has 5 heteroatoms. The number of rotatable bonds is 4. The van der Waals surface area contributed by atoms with E-state index in [0.717, 1.165) is 27.0 Å². The summed E-state index contributed by atoms with van der Waals surface area (Å²) in [6.07, 6.45) is 0. The van der Waals surface area contributed by atoms with Crippen LogP contribution in [0.5, 0.6) is 11.5 Å². The summed E-state index contributed by atoms with van der Waals surface area (Å²) in [5, 5.41) is 1.22. The monoisotopic (exact) mass is 394 g/mol. The highest BCUT2D eigenvalue weighted by molar-refractivity contribution is 7.21. The zero-order valence-electron chi connectivity index (χ0n) is 14.4. The Balaban J connectivity index is 1.57. The molecule has 3 aromatic carbocycles. The van der Waals surface area contributed by atoms with Crippen molar-refractivity contribution in [3.05, 3.63) is 82.7 Å². The first kappa shape index (κ1) is 17.6. The van der Waals surface area contributed by atoms with Gasteiger partial charge in [-0.2, -0.15) is 0 Å². The summed E-state index contributed by atoms with van der Waals surface area (Å²) in [6.45, 7) is 0. The van der Waals surface area contributed by atoms with Crippen LogP contribution in [0.2, 0.25) is 5.02 Å². The Bertz CT molecular complexity index is 1100. The number of fused-ring (bicyclic) bond motifs is 1. The van der Waals surface area contributed by atoms with Crippen molar-refractivity contribution in [2.75, 3.05) is 7.11 Å². The third-order valence-corrected chi connectivity index (χ3v) is 5.83. The van der Waals surface area contributed by atoms with Gasteiger partial charge in [-0.3, -0.25) is 0 Å². The van der Waals surface area contributed by atoms with Crippen LogP contribution in [0.1, 0.15) is 9.67 Å². The summed E-state index contributed by atoms with van der Waals surface area (Å²) < 4.78 is 11.6. The van der Waals surface area contributed by atoms with Crippen LogP contribution in [0, 0.1) is 0 Å². The summed E-state index contributed by atoms with van der Waals surface area (Å²) in [6, 6.07) is 23.0. The van der Waals surface area contributed by atoms with E-state index in [2.05, 4.69) is 0 Å². The average molecular weight is 395 g/mol. The standard InChI is InChI=1S/C22H15ClO3S/c1-25-17-11-12-18-19(13-17)27-21(20(18)23)22(24)26-16-9-7-15(8-10-16)14-5-3-2-4-6-14/h2-13H,1H3. The molecule has 0 amide bonds. The van der Waals surface area contributed by atoms with Gasteiger partial charge < -0.3 is 9.47 Å². The molecule has 0 saturated carbocycles. The smallest absolute Gasteiger partial charge is 0.355 e. The van der Waals surface area contributed by atoms with E-state index in [0.29, 0.717) is 15.6 Å². The second-order valence-electron chi connectivity index (χ2n) is 5.89. The van der Waals surface area contributed by atoms with E-state index >= 15 is 0 Å². The summed E-state index contributed by atoms with van der Waals surface area (Å²) in [5.41, 5.74) is 2.17. The second-order valence-corrected chi connectivity index (χ2v) is 7.32. The van der Waals surface area contributed by atoms with Gasteiger partial charge in [-0.25, -0.2) is 4.79 Å². The van der Waals surface area contributed by atoms with Gasteiger partial charge >= 0.3 is 5.97 Å². The Labute approximate surface area is 165 Å². The number of halogens is 1. The minimum Gasteiger partial charge on any atom is -0.497 e. The number of esters is 1. The molecule has 3 nitrogen and oxygen atoms in total. The summed E-state index contributed by atoms with van der Waals surface area (Å²) in [7, 11) is 1.60. The minimum atomic E-state index is -0.465. The Morgan fingerprint density at radius 2 is 1.56 bits per heavy atom. The maximum atomic E-state index is 12.6. The van der Waals surface area contributed by atoms with Crippen LogP contribution in [0.25, 0.3) is 21.2 Å². The number of carbonyl (C=O) groups excluding carboxylic acids is 1. The Morgan fingerprint density at radius 3 is 2.26 bits per heavy atom. The number of thiophene rings is 1. The van der Waals surface area contributed by atoms with Gasteiger partial charge in [-0.1, -0.05) is 54.1 Å². The molecule has 134 valence electrons. The quantitative estimate of drug-likeness (QED) is 0.294. The predicted octanol–water partition coefficient (Wildman–Crippen LogP) is 6.45. The summed E-state index contributed by atoms with van der Waals surface area (Å²) in [5.74, 6) is 0.732.